The molecule has 0 saturated carbocycles. The molecule has 1 aromatic carbocycles. The molecular weight excluding hydrogens is 412 g/mol. The first-order chi connectivity index (χ1) is 13.6. The minimum absolute atomic E-state index is 0.188. The summed E-state index contributed by atoms with van der Waals surface area (Å²) in [5, 5.41) is 5.24. The van der Waals surface area contributed by atoms with Crippen molar-refractivity contribution in [2.75, 3.05) is 29.4 Å². The molecule has 0 radical (unpaired) electrons. The van der Waals surface area contributed by atoms with E-state index in [0.717, 1.165) is 30.6 Å². The van der Waals surface area contributed by atoms with E-state index in [4.69, 9.17) is 4.74 Å². The first-order valence-corrected chi connectivity index (χ1v) is 12.1. The highest BCUT2D eigenvalue weighted by molar-refractivity contribution is 7.92. The average molecular weight is 439 g/mol. The highest BCUT2D eigenvalue weighted by Crippen LogP contribution is 2.22. The minimum atomic E-state index is -3.43. The van der Waals surface area contributed by atoms with E-state index in [1.54, 1.807) is 19.1 Å². The van der Waals surface area contributed by atoms with E-state index in [1.807, 2.05) is 5.38 Å². The van der Waals surface area contributed by atoms with Crippen LogP contribution in [0, 0.1) is 6.92 Å². The second kappa shape index (κ2) is 8.78. The van der Waals surface area contributed by atoms with Crippen molar-refractivity contribution in [2.24, 2.45) is 0 Å². The Morgan fingerprint density at radius 1 is 1.31 bits per heavy atom. The van der Waals surface area contributed by atoms with Crippen molar-refractivity contribution in [2.45, 2.75) is 39.5 Å². The SMILES string of the molecule is Cc1ccc(C(=O)Nc2nc(CN3C[C@@H](C)O[C@@H](C)C3)cs2)cc1NS(C)(=O)=O. The molecule has 1 aromatic heterocycles. The quantitative estimate of drug-likeness (QED) is 0.719. The van der Waals surface area contributed by atoms with Gasteiger partial charge in [-0.15, -0.1) is 11.3 Å². The van der Waals surface area contributed by atoms with Crippen LogP contribution < -0.4 is 10.0 Å². The zero-order chi connectivity index (χ0) is 21.2. The molecule has 1 saturated heterocycles. The lowest BCUT2D eigenvalue weighted by Gasteiger charge is -2.34. The molecule has 2 N–H and O–H groups in total. The molecule has 2 heterocycles. The van der Waals surface area contributed by atoms with Crippen LogP contribution in [0.25, 0.3) is 0 Å². The van der Waals surface area contributed by atoms with E-state index in [2.05, 4.69) is 33.8 Å². The van der Waals surface area contributed by atoms with Crippen LogP contribution in [0.3, 0.4) is 0 Å². The van der Waals surface area contributed by atoms with Gasteiger partial charge < -0.3 is 4.74 Å². The topological polar surface area (TPSA) is 101 Å². The minimum Gasteiger partial charge on any atom is -0.373 e. The van der Waals surface area contributed by atoms with Crippen molar-refractivity contribution in [3.63, 3.8) is 0 Å². The third-order valence-corrected chi connectivity index (χ3v) is 5.85. The summed E-state index contributed by atoms with van der Waals surface area (Å²) in [5.74, 6) is -0.337. The number of rotatable bonds is 6. The number of carbonyl (C=O) groups excluding carboxylic acids is 1. The maximum atomic E-state index is 12.6. The van der Waals surface area contributed by atoms with E-state index >= 15 is 0 Å². The number of carbonyl (C=O) groups is 1. The van der Waals surface area contributed by atoms with Crippen molar-refractivity contribution in [3.05, 3.63) is 40.4 Å². The number of sulfonamides is 1. The summed E-state index contributed by atoms with van der Waals surface area (Å²) in [5.41, 5.74) is 2.37. The van der Waals surface area contributed by atoms with Crippen LogP contribution in [0.1, 0.15) is 35.5 Å². The van der Waals surface area contributed by atoms with Gasteiger partial charge in [-0.2, -0.15) is 0 Å². The highest BCUT2D eigenvalue weighted by atomic mass is 32.2. The van der Waals surface area contributed by atoms with Gasteiger partial charge in [-0.05, 0) is 38.5 Å². The molecule has 158 valence electrons. The number of hydrogen-bond acceptors (Lipinski definition) is 7. The van der Waals surface area contributed by atoms with E-state index in [1.165, 1.54) is 17.4 Å². The molecule has 10 heteroatoms. The molecule has 1 amide bonds. The van der Waals surface area contributed by atoms with E-state index in [9.17, 15) is 13.2 Å². The van der Waals surface area contributed by atoms with Crippen molar-refractivity contribution in [1.82, 2.24) is 9.88 Å². The number of aryl methyl sites for hydroxylation is 1. The Morgan fingerprint density at radius 3 is 2.66 bits per heavy atom. The molecule has 3 rings (SSSR count). The molecule has 0 unspecified atom stereocenters. The predicted molar refractivity (Wildman–Crippen MR) is 115 cm³/mol. The lowest BCUT2D eigenvalue weighted by Crippen LogP contribution is -2.44. The first kappa shape index (κ1) is 21.7. The summed E-state index contributed by atoms with van der Waals surface area (Å²) in [4.78, 5) is 19.4. The summed E-state index contributed by atoms with van der Waals surface area (Å²) in [6.07, 6.45) is 1.45. The van der Waals surface area contributed by atoms with Crippen LogP contribution >= 0.6 is 11.3 Å². The van der Waals surface area contributed by atoms with Gasteiger partial charge in [0.25, 0.3) is 5.91 Å². The van der Waals surface area contributed by atoms with Crippen molar-refractivity contribution < 1.29 is 17.9 Å². The van der Waals surface area contributed by atoms with E-state index < -0.39 is 10.0 Å². The Kier molecular flexibility index (Phi) is 6.57. The summed E-state index contributed by atoms with van der Waals surface area (Å²) in [6, 6.07) is 4.89. The summed E-state index contributed by atoms with van der Waals surface area (Å²) in [7, 11) is -3.43. The van der Waals surface area contributed by atoms with Gasteiger partial charge in [0.2, 0.25) is 10.0 Å². The summed E-state index contributed by atoms with van der Waals surface area (Å²) >= 11 is 1.37. The zero-order valence-corrected chi connectivity index (χ0v) is 18.6. The molecule has 2 aromatic rings. The van der Waals surface area contributed by atoms with E-state index in [0.29, 0.717) is 22.9 Å². The molecule has 2 atom stereocenters. The van der Waals surface area contributed by atoms with Crippen molar-refractivity contribution in [3.8, 4) is 0 Å². The maximum Gasteiger partial charge on any atom is 0.257 e. The zero-order valence-electron chi connectivity index (χ0n) is 16.9. The Balaban J connectivity index is 1.65. The number of aromatic nitrogens is 1. The Morgan fingerprint density at radius 2 is 2.00 bits per heavy atom. The summed E-state index contributed by atoms with van der Waals surface area (Å²) < 4.78 is 31.2. The number of anilines is 2. The standard InChI is InChI=1S/C19H26N4O4S2/c1-12-5-6-15(7-17(12)22-29(4,25)26)18(24)21-19-20-16(11-28-19)10-23-8-13(2)27-14(3)9-23/h5-7,11,13-14,22H,8-10H2,1-4H3,(H,20,21,24)/t13-,14+. The second-order valence-electron chi connectivity index (χ2n) is 7.45. The number of thiazole rings is 1. The van der Waals surface area contributed by atoms with Crippen LogP contribution in [-0.2, 0) is 21.3 Å². The Hall–Kier alpha value is -2.01. The largest absolute Gasteiger partial charge is 0.373 e. The van der Waals surface area contributed by atoms with Gasteiger partial charge >= 0.3 is 0 Å². The smallest absolute Gasteiger partial charge is 0.257 e. The molecule has 1 fully saturated rings. The first-order valence-electron chi connectivity index (χ1n) is 9.31. The second-order valence-corrected chi connectivity index (χ2v) is 10.1. The fourth-order valence-electron chi connectivity index (χ4n) is 3.32. The molecule has 0 bridgehead atoms. The summed E-state index contributed by atoms with van der Waals surface area (Å²) in [6.45, 7) is 8.30. The van der Waals surface area contributed by atoms with Crippen molar-refractivity contribution in [1.29, 1.82) is 0 Å². The predicted octanol–water partition coefficient (Wildman–Crippen LogP) is 2.68. The molecule has 8 nitrogen and oxygen atoms in total. The number of nitrogens with one attached hydrogen (secondary N) is 2. The average Bonchev–Trinajstić information content (AvgIpc) is 3.01. The number of amides is 1. The Labute approximate surface area is 175 Å². The lowest BCUT2D eigenvalue weighted by molar-refractivity contribution is -0.0707. The third-order valence-electron chi connectivity index (χ3n) is 4.45. The molecule has 0 spiro atoms. The molecule has 1 aliphatic heterocycles. The van der Waals surface area contributed by atoms with Gasteiger partial charge in [-0.1, -0.05) is 6.07 Å². The normalized spacial score (nSPS) is 20.4. The van der Waals surface area contributed by atoms with Gasteiger partial charge in [0.05, 0.1) is 29.8 Å². The number of hydrogen-bond donors (Lipinski definition) is 2. The van der Waals surface area contributed by atoms with Gasteiger partial charge in [-0.3, -0.25) is 19.7 Å². The molecule has 1 aliphatic rings. The number of nitrogens with zero attached hydrogens (tertiary/aromatic N) is 2. The molecular formula is C19H26N4O4S2. The molecule has 0 aliphatic carbocycles. The van der Waals surface area contributed by atoms with Crippen molar-refractivity contribution >= 4 is 38.1 Å². The Bertz CT molecular complexity index is 980. The van der Waals surface area contributed by atoms with E-state index in [-0.39, 0.29) is 18.1 Å². The van der Waals surface area contributed by atoms with Gasteiger partial charge in [0, 0.05) is 30.6 Å². The maximum absolute atomic E-state index is 12.6. The van der Waals surface area contributed by atoms with Crippen LogP contribution in [0.2, 0.25) is 0 Å². The highest BCUT2D eigenvalue weighted by Gasteiger charge is 2.23. The van der Waals surface area contributed by atoms with Crippen LogP contribution in [0.5, 0.6) is 0 Å². The van der Waals surface area contributed by atoms with Gasteiger partial charge in [0.1, 0.15) is 0 Å². The van der Waals surface area contributed by atoms with Crippen LogP contribution in [-0.4, -0.2) is 55.8 Å². The van der Waals surface area contributed by atoms with Gasteiger partial charge in [-0.25, -0.2) is 13.4 Å². The molecule has 29 heavy (non-hydrogen) atoms. The fourth-order valence-corrected chi connectivity index (χ4v) is 4.64. The monoisotopic (exact) mass is 438 g/mol. The van der Waals surface area contributed by atoms with Crippen LogP contribution in [0.15, 0.2) is 23.6 Å². The number of ether oxygens (including phenoxy) is 1. The third kappa shape index (κ3) is 6.23. The number of benzene rings is 1. The lowest BCUT2D eigenvalue weighted by atomic mass is 10.1. The van der Waals surface area contributed by atoms with Crippen LogP contribution in [0.4, 0.5) is 10.8 Å². The van der Waals surface area contributed by atoms with Gasteiger partial charge in [0.15, 0.2) is 5.13 Å². The number of morpholine rings is 1. The fraction of sp³-hybridized carbons (Fsp3) is 0.474.